The number of rotatable bonds is 18. The molecule has 2 aromatic carbocycles. The fourth-order valence-corrected chi connectivity index (χ4v) is 16.1. The van der Waals surface area contributed by atoms with E-state index in [2.05, 4.69) is 6.92 Å². The predicted octanol–water partition coefficient (Wildman–Crippen LogP) is 5.86. The van der Waals surface area contributed by atoms with E-state index in [0.29, 0.717) is 37.7 Å². The molecule has 3 saturated carbocycles. The summed E-state index contributed by atoms with van der Waals surface area (Å²) >= 11 is 0. The average Bonchev–Trinajstić information content (AvgIpc) is 1.35. The minimum atomic E-state index is -2.00. The summed E-state index contributed by atoms with van der Waals surface area (Å²) in [5.41, 5.74) is -5.98. The van der Waals surface area contributed by atoms with Gasteiger partial charge in [-0.25, -0.2) is 9.59 Å². The number of carbonyl (C=O) groups is 2. The highest BCUT2D eigenvalue weighted by atomic mass is 16.8. The molecule has 4 heterocycles. The molecule has 26 atom stereocenters. The molecule has 0 radical (unpaired) electrons. The number of aliphatic hydroxyl groups excluding tert-OH is 2. The maximum absolute atomic E-state index is 14.0. The van der Waals surface area contributed by atoms with Crippen LogP contribution in [0.2, 0.25) is 0 Å². The van der Waals surface area contributed by atoms with Gasteiger partial charge >= 0.3 is 11.9 Å². The van der Waals surface area contributed by atoms with E-state index in [4.69, 9.17) is 66.3 Å². The molecule has 8 aliphatic rings. The normalized spacial score (nSPS) is 45.5. The van der Waals surface area contributed by atoms with Crippen molar-refractivity contribution in [2.75, 3.05) is 28.4 Å². The minimum absolute atomic E-state index is 0.0415. The van der Waals surface area contributed by atoms with Gasteiger partial charge in [-0.1, -0.05) is 74.0 Å². The second kappa shape index (κ2) is 26.2. The number of ether oxygens (including phenoxy) is 14. The lowest BCUT2D eigenvalue weighted by Crippen LogP contribution is -2.78. The van der Waals surface area contributed by atoms with Crippen LogP contribution in [0, 0.1) is 16.7 Å². The third-order valence-corrected chi connectivity index (χ3v) is 21.1. The molecule has 0 aromatic heterocycles. The van der Waals surface area contributed by atoms with Crippen molar-refractivity contribution < 1.29 is 101 Å². The number of esters is 2. The maximum Gasteiger partial charge on any atom is 0.338 e. The number of methoxy groups -OCH3 is 4. The first-order valence-corrected chi connectivity index (χ1v) is 30.7. The number of carbonyl (C=O) groups excluding carboxylic acids is 2. The first-order valence-electron chi connectivity index (χ1n) is 30.7. The SMILES string of the molecule is CO[C@H]1[C@@H](O)[C@@H](C)O[C@@H](O[C@@H]2[C@@H](C)O[C@@H](O[C@H]3[C@@H](OC)C[C@H](O[C@H]4[C@@H](OC)C[C@H](O[C@H]5CC[C@@]6(C)C(=CC[C@]7(O)[C@@H]6C[C@@H](OC(=O)/C=C/c6ccccc6)[C@@]6(C)[C@]7(O)CC[C@]6(O)[C@H](C)OC(=O)c6ccccc6)C5)O[C@@H]4C)O[C@@H]3C)C[C@H]2OC)[C@@H]1O. The molecule has 21 nitrogen and oxygen atoms in total. The summed E-state index contributed by atoms with van der Waals surface area (Å²) in [5, 5.41) is 61.3. The number of fused-ring (bicyclic) bond motifs is 5. The summed E-state index contributed by atoms with van der Waals surface area (Å²) in [6.45, 7) is 12.7. The van der Waals surface area contributed by atoms with Crippen LogP contribution in [0.15, 0.2) is 78.4 Å². The molecule has 2 aromatic rings. The van der Waals surface area contributed by atoms with Crippen LogP contribution in [0.3, 0.4) is 0 Å². The third kappa shape index (κ3) is 11.9. The Hall–Kier alpha value is -3.82. The Kier molecular flexibility index (Phi) is 19.8. The molecule has 478 valence electrons. The van der Waals surface area contributed by atoms with Crippen LogP contribution in [0.4, 0.5) is 0 Å². The van der Waals surface area contributed by atoms with Crippen LogP contribution < -0.4 is 0 Å². The van der Waals surface area contributed by atoms with Crippen molar-refractivity contribution >= 4 is 18.0 Å². The van der Waals surface area contributed by atoms with Crippen molar-refractivity contribution in [3.8, 4) is 0 Å². The Bertz CT molecular complexity index is 2680. The number of hydrogen-bond donors (Lipinski definition) is 5. The summed E-state index contributed by atoms with van der Waals surface area (Å²) < 4.78 is 87.5. The molecule has 0 amide bonds. The van der Waals surface area contributed by atoms with Crippen LogP contribution in [-0.2, 0) is 71.1 Å². The molecule has 4 aliphatic carbocycles. The van der Waals surface area contributed by atoms with Crippen LogP contribution in [-0.4, -0.2) is 206 Å². The average molecular weight is 1210 g/mol. The fourth-order valence-electron chi connectivity index (χ4n) is 16.1. The van der Waals surface area contributed by atoms with Gasteiger partial charge in [-0.2, -0.15) is 0 Å². The van der Waals surface area contributed by atoms with E-state index in [1.165, 1.54) is 13.2 Å². The highest BCUT2D eigenvalue weighted by Crippen LogP contribution is 2.71. The lowest BCUT2D eigenvalue weighted by molar-refractivity contribution is -0.356. The summed E-state index contributed by atoms with van der Waals surface area (Å²) in [4.78, 5) is 27.5. The van der Waals surface area contributed by atoms with E-state index in [0.717, 1.165) is 11.1 Å². The van der Waals surface area contributed by atoms with E-state index < -0.39 is 162 Å². The molecule has 10 rings (SSSR count). The van der Waals surface area contributed by atoms with Crippen molar-refractivity contribution in [1.29, 1.82) is 0 Å². The molecule has 7 fully saturated rings. The second-order valence-electron chi connectivity index (χ2n) is 25.7. The van der Waals surface area contributed by atoms with Gasteiger partial charge in [0.2, 0.25) is 0 Å². The summed E-state index contributed by atoms with van der Waals surface area (Å²) in [6, 6.07) is 17.8. The van der Waals surface area contributed by atoms with E-state index in [1.54, 1.807) is 78.5 Å². The van der Waals surface area contributed by atoms with Crippen molar-refractivity contribution in [3.05, 3.63) is 89.5 Å². The van der Waals surface area contributed by atoms with Gasteiger partial charge < -0.3 is 91.8 Å². The summed E-state index contributed by atoms with van der Waals surface area (Å²) in [6.07, 6.45) is -6.48. The lowest BCUT2D eigenvalue weighted by atomic mass is 9.42. The molecule has 5 N–H and O–H groups in total. The zero-order chi connectivity index (χ0) is 61.7. The van der Waals surface area contributed by atoms with Gasteiger partial charge in [0.15, 0.2) is 25.2 Å². The quantitative estimate of drug-likeness (QED) is 0.0664. The monoisotopic (exact) mass is 1210 g/mol. The van der Waals surface area contributed by atoms with Gasteiger partial charge in [-0.3, -0.25) is 0 Å². The second-order valence-corrected chi connectivity index (χ2v) is 25.7. The van der Waals surface area contributed by atoms with Crippen molar-refractivity contribution in [2.45, 2.75) is 252 Å². The van der Waals surface area contributed by atoms with Gasteiger partial charge in [0.1, 0.15) is 65.6 Å². The van der Waals surface area contributed by atoms with Crippen LogP contribution in [0.1, 0.15) is 129 Å². The maximum atomic E-state index is 14.0. The van der Waals surface area contributed by atoms with E-state index in [-0.39, 0.29) is 38.2 Å². The standard InChI is InChI=1S/C65H92O21/c1-35-53(67)58(76-11)54(68)60(80-35)86-57-38(4)79-52(33-46(57)75-10)85-56-37(3)78-51(32-45(56)74-9)84-55-36(2)77-50(31-44(55)73-8)82-43-25-26-61(6)42(30-43)24-27-64(71)47(61)34-48(83-49(66)23-22-40-18-14-12-15-19-40)62(7)63(70,28-29-65(62,64)72)39(5)81-59(69)41-20-16-13-17-21-41/h12-24,35-39,43-48,50-58,60,67-68,70-72H,25-34H2,1-11H3/b23-22+/t35-,36-,37-,38-,39+,43+,44+,45+,46-,47-,48-,50+,51+,52+,53+,54-,55-,56-,57-,58+,60+,61+,62-,63+,64+,65-/m1/s1. The molecule has 4 aliphatic heterocycles. The zero-order valence-corrected chi connectivity index (χ0v) is 51.5. The van der Waals surface area contributed by atoms with Crippen LogP contribution in [0.25, 0.3) is 6.08 Å². The topological polar surface area (TPSA) is 265 Å². The number of aliphatic hydroxyl groups is 5. The lowest BCUT2D eigenvalue weighted by Gasteiger charge is -2.67. The molecule has 0 bridgehead atoms. The number of benzene rings is 2. The van der Waals surface area contributed by atoms with E-state index in [9.17, 15) is 35.1 Å². The number of hydrogen-bond acceptors (Lipinski definition) is 21. The molecule has 86 heavy (non-hydrogen) atoms. The first-order chi connectivity index (χ1) is 40.9. The molecular weight excluding hydrogens is 1120 g/mol. The molecule has 4 saturated heterocycles. The molecule has 0 unspecified atom stereocenters. The highest BCUT2D eigenvalue weighted by Gasteiger charge is 2.81. The Morgan fingerprint density at radius 2 is 1.19 bits per heavy atom. The Morgan fingerprint density at radius 1 is 0.640 bits per heavy atom. The van der Waals surface area contributed by atoms with E-state index >= 15 is 0 Å². The van der Waals surface area contributed by atoms with E-state index in [1.807, 2.05) is 57.2 Å². The largest absolute Gasteiger partial charge is 0.458 e. The predicted molar refractivity (Wildman–Crippen MR) is 308 cm³/mol. The molecule has 21 heteroatoms. The van der Waals surface area contributed by atoms with Gasteiger partial charge in [0, 0.05) is 59.7 Å². The molecule has 0 spiro atoms. The van der Waals surface area contributed by atoms with Gasteiger partial charge in [0.25, 0.3) is 0 Å². The van der Waals surface area contributed by atoms with Crippen molar-refractivity contribution in [1.82, 2.24) is 0 Å². The Balaban J connectivity index is 0.776. The highest BCUT2D eigenvalue weighted by molar-refractivity contribution is 5.89. The Morgan fingerprint density at radius 3 is 1.74 bits per heavy atom. The Labute approximate surface area is 504 Å². The first kappa shape index (κ1) is 65.1. The van der Waals surface area contributed by atoms with Crippen LogP contribution in [0.5, 0.6) is 0 Å². The third-order valence-electron chi connectivity index (χ3n) is 21.1. The van der Waals surface area contributed by atoms with Crippen molar-refractivity contribution in [2.24, 2.45) is 16.7 Å². The van der Waals surface area contributed by atoms with Crippen LogP contribution >= 0.6 is 0 Å². The zero-order valence-electron chi connectivity index (χ0n) is 51.5. The summed E-state index contributed by atoms with van der Waals surface area (Å²) in [5.74, 6) is -1.95. The molecular formula is C65H92O21. The summed E-state index contributed by atoms with van der Waals surface area (Å²) in [7, 11) is 6.24. The van der Waals surface area contributed by atoms with Gasteiger partial charge in [0.05, 0.1) is 59.8 Å². The smallest absolute Gasteiger partial charge is 0.338 e. The van der Waals surface area contributed by atoms with Gasteiger partial charge in [-0.05, 0) is 109 Å². The van der Waals surface area contributed by atoms with Gasteiger partial charge in [-0.15, -0.1) is 0 Å². The van der Waals surface area contributed by atoms with Crippen molar-refractivity contribution in [3.63, 3.8) is 0 Å². The minimum Gasteiger partial charge on any atom is -0.458 e. The fraction of sp³-hybridized carbons (Fsp3) is 0.723.